The average Bonchev–Trinajstić information content (AvgIpc) is 2.00. The van der Waals surface area contributed by atoms with Crippen LogP contribution in [0.2, 0.25) is 0 Å². The highest BCUT2D eigenvalue weighted by Gasteiger charge is 2.10. The van der Waals surface area contributed by atoms with E-state index in [1.807, 2.05) is 27.0 Å². The summed E-state index contributed by atoms with van der Waals surface area (Å²) >= 11 is 0. The molecule has 0 saturated heterocycles. The fourth-order valence-corrected chi connectivity index (χ4v) is 0.846. The molecule has 0 saturated carbocycles. The van der Waals surface area contributed by atoms with E-state index in [0.29, 0.717) is 0 Å². The van der Waals surface area contributed by atoms with Gasteiger partial charge in [0.2, 0.25) is 0 Å². The van der Waals surface area contributed by atoms with Crippen LogP contribution in [0.25, 0.3) is 0 Å². The van der Waals surface area contributed by atoms with Gasteiger partial charge in [0.05, 0.1) is 12.1 Å². The molecule has 0 aromatic heterocycles. The van der Waals surface area contributed by atoms with Gasteiger partial charge in [0.15, 0.2) is 0 Å². The van der Waals surface area contributed by atoms with Gasteiger partial charge >= 0.3 is 0 Å². The molecule has 0 amide bonds. The Morgan fingerprint density at radius 3 is 2.46 bits per heavy atom. The van der Waals surface area contributed by atoms with Crippen LogP contribution in [0.1, 0.15) is 13.3 Å². The van der Waals surface area contributed by atoms with Crippen LogP contribution in [0, 0.1) is 5.41 Å². The van der Waals surface area contributed by atoms with Crippen molar-refractivity contribution in [2.75, 3.05) is 20.6 Å². The highest BCUT2D eigenvalue weighted by atomic mass is 35.5. The third-order valence-corrected chi connectivity index (χ3v) is 1.80. The SMILES string of the molecule is CC(N=C=N)C(N)CCN(C)C.Cl. The zero-order chi connectivity index (χ0) is 9.56. The average molecular weight is 207 g/mol. The molecule has 0 radical (unpaired) electrons. The van der Waals surface area contributed by atoms with Crippen LogP contribution >= 0.6 is 12.4 Å². The fraction of sp³-hybridized carbons (Fsp3) is 0.875. The van der Waals surface area contributed by atoms with E-state index in [-0.39, 0.29) is 24.5 Å². The van der Waals surface area contributed by atoms with Gasteiger partial charge in [-0.15, -0.1) is 12.4 Å². The van der Waals surface area contributed by atoms with Gasteiger partial charge < -0.3 is 10.6 Å². The first-order valence-corrected chi connectivity index (χ1v) is 4.09. The van der Waals surface area contributed by atoms with Gasteiger partial charge in [-0.25, -0.2) is 10.4 Å². The van der Waals surface area contributed by atoms with Crippen molar-refractivity contribution < 1.29 is 0 Å². The maximum Gasteiger partial charge on any atom is 0.0865 e. The summed E-state index contributed by atoms with van der Waals surface area (Å²) in [6.45, 7) is 2.86. The maximum absolute atomic E-state index is 6.66. The largest absolute Gasteiger partial charge is 0.326 e. The third kappa shape index (κ3) is 7.94. The molecule has 13 heavy (non-hydrogen) atoms. The van der Waals surface area contributed by atoms with Crippen LogP contribution in [0.3, 0.4) is 0 Å². The number of halogens is 1. The van der Waals surface area contributed by atoms with Crippen molar-refractivity contribution in [2.24, 2.45) is 10.7 Å². The van der Waals surface area contributed by atoms with Crippen LogP contribution in [-0.2, 0) is 0 Å². The number of nitrogens with one attached hydrogen (secondary N) is 1. The minimum Gasteiger partial charge on any atom is -0.326 e. The molecule has 78 valence electrons. The van der Waals surface area contributed by atoms with Gasteiger partial charge in [-0.3, -0.25) is 0 Å². The fourth-order valence-electron chi connectivity index (χ4n) is 0.846. The molecular weight excluding hydrogens is 188 g/mol. The van der Waals surface area contributed by atoms with Gasteiger partial charge in [0.25, 0.3) is 0 Å². The van der Waals surface area contributed by atoms with Gasteiger partial charge in [-0.2, -0.15) is 0 Å². The molecule has 0 rings (SSSR count). The van der Waals surface area contributed by atoms with E-state index in [0.717, 1.165) is 13.0 Å². The Morgan fingerprint density at radius 1 is 1.54 bits per heavy atom. The minimum atomic E-state index is 0. The van der Waals surface area contributed by atoms with Crippen molar-refractivity contribution in [3.63, 3.8) is 0 Å². The molecular formula is C8H19ClN4. The molecule has 0 fully saturated rings. The summed E-state index contributed by atoms with van der Waals surface area (Å²) in [6.07, 6.45) is 0.902. The first kappa shape index (κ1) is 15.1. The van der Waals surface area contributed by atoms with E-state index >= 15 is 0 Å². The summed E-state index contributed by atoms with van der Waals surface area (Å²) in [5, 5.41) is 6.66. The minimum absolute atomic E-state index is 0. The van der Waals surface area contributed by atoms with Gasteiger partial charge in [0, 0.05) is 6.04 Å². The van der Waals surface area contributed by atoms with Crippen molar-refractivity contribution >= 4 is 18.4 Å². The summed E-state index contributed by atoms with van der Waals surface area (Å²) in [4.78, 5) is 5.86. The highest BCUT2D eigenvalue weighted by Crippen LogP contribution is 1.99. The predicted molar refractivity (Wildman–Crippen MR) is 58.0 cm³/mol. The van der Waals surface area contributed by atoms with Crippen molar-refractivity contribution in [1.82, 2.24) is 4.90 Å². The topological polar surface area (TPSA) is 65.5 Å². The molecule has 0 aromatic rings. The molecule has 5 heteroatoms. The zero-order valence-electron chi connectivity index (χ0n) is 8.45. The first-order chi connectivity index (χ1) is 5.57. The molecule has 0 spiro atoms. The van der Waals surface area contributed by atoms with E-state index in [9.17, 15) is 0 Å². The second-order valence-corrected chi connectivity index (χ2v) is 3.24. The molecule has 4 nitrogen and oxygen atoms in total. The molecule has 0 aromatic carbocycles. The smallest absolute Gasteiger partial charge is 0.0865 e. The van der Waals surface area contributed by atoms with Gasteiger partial charge in [0.1, 0.15) is 0 Å². The number of rotatable bonds is 5. The van der Waals surface area contributed by atoms with Crippen LogP contribution < -0.4 is 5.73 Å². The highest BCUT2D eigenvalue weighted by molar-refractivity contribution is 5.85. The molecule has 0 bridgehead atoms. The van der Waals surface area contributed by atoms with E-state index < -0.39 is 0 Å². The van der Waals surface area contributed by atoms with Gasteiger partial charge in [-0.05, 0) is 34.0 Å². The second-order valence-electron chi connectivity index (χ2n) is 3.24. The molecule has 0 aliphatic rings. The van der Waals surface area contributed by atoms with E-state index in [1.165, 1.54) is 0 Å². The third-order valence-electron chi connectivity index (χ3n) is 1.80. The van der Waals surface area contributed by atoms with E-state index in [2.05, 4.69) is 9.89 Å². The van der Waals surface area contributed by atoms with Crippen LogP contribution in [0.4, 0.5) is 0 Å². The van der Waals surface area contributed by atoms with Crippen LogP contribution in [-0.4, -0.2) is 43.6 Å². The standard InChI is InChI=1S/C8H18N4.ClH/c1-7(11-6-9)8(10)4-5-12(2)3;/h7-9H,4-5,10H2,1-3H3;1H. The lowest BCUT2D eigenvalue weighted by Crippen LogP contribution is -2.34. The quantitative estimate of drug-likeness (QED) is 0.655. The van der Waals surface area contributed by atoms with E-state index in [4.69, 9.17) is 11.1 Å². The lowest BCUT2D eigenvalue weighted by molar-refractivity contribution is 0.368. The zero-order valence-corrected chi connectivity index (χ0v) is 9.27. The Bertz CT molecular complexity index is 166. The van der Waals surface area contributed by atoms with Crippen molar-refractivity contribution in [1.29, 1.82) is 5.41 Å². The Hall–Kier alpha value is -0.410. The normalized spacial score (nSPS) is 14.2. The Kier molecular flexibility index (Phi) is 9.51. The molecule has 0 aliphatic carbocycles. The van der Waals surface area contributed by atoms with E-state index in [1.54, 1.807) is 0 Å². The van der Waals surface area contributed by atoms with Crippen molar-refractivity contribution in [3.8, 4) is 0 Å². The predicted octanol–water partition coefficient (Wildman–Crippen LogP) is 0.828. The monoisotopic (exact) mass is 206 g/mol. The molecule has 0 heterocycles. The molecule has 2 atom stereocenters. The molecule has 2 unspecified atom stereocenters. The summed E-state index contributed by atoms with van der Waals surface area (Å²) in [7, 11) is 4.02. The molecule has 0 aliphatic heterocycles. The second kappa shape index (κ2) is 8.20. The summed E-state index contributed by atoms with van der Waals surface area (Å²) < 4.78 is 0. The number of hydrogen-bond acceptors (Lipinski definition) is 4. The lowest BCUT2D eigenvalue weighted by Gasteiger charge is -2.17. The van der Waals surface area contributed by atoms with Crippen molar-refractivity contribution in [2.45, 2.75) is 25.4 Å². The number of hydrogen-bond donors (Lipinski definition) is 2. The first-order valence-electron chi connectivity index (χ1n) is 4.09. The maximum atomic E-state index is 6.66. The number of aliphatic imine (C=N–C) groups is 1. The summed E-state index contributed by atoms with van der Waals surface area (Å²) in [5.41, 5.74) is 5.81. The summed E-state index contributed by atoms with van der Waals surface area (Å²) in [6, 6.07) is 2.05. The van der Waals surface area contributed by atoms with Gasteiger partial charge in [-0.1, -0.05) is 0 Å². The van der Waals surface area contributed by atoms with Crippen LogP contribution in [0.15, 0.2) is 4.99 Å². The number of nitrogens with zero attached hydrogens (tertiary/aromatic N) is 2. The summed E-state index contributed by atoms with van der Waals surface area (Å²) in [5.74, 6) is 0. The Labute approximate surface area is 86.1 Å². The Morgan fingerprint density at radius 2 is 2.08 bits per heavy atom. The molecule has 3 N–H and O–H groups in total. The van der Waals surface area contributed by atoms with Crippen LogP contribution in [0.5, 0.6) is 0 Å². The Balaban J connectivity index is 0. The lowest BCUT2D eigenvalue weighted by atomic mass is 10.1. The van der Waals surface area contributed by atoms with Crippen molar-refractivity contribution in [3.05, 3.63) is 0 Å². The number of nitrogens with two attached hydrogens (primary N) is 1.